The van der Waals surface area contributed by atoms with Gasteiger partial charge in [0.2, 0.25) is 10.0 Å². The molecule has 2 aliphatic carbocycles. The van der Waals surface area contributed by atoms with E-state index < -0.39 is 15.4 Å². The van der Waals surface area contributed by atoms with Gasteiger partial charge in [0.05, 0.1) is 11.2 Å². The first kappa shape index (κ1) is 15.5. The standard InChI is InChI=1S/C17H23NO3S/c1-12-5-4-6-14(9-12)18-22(20,21)11-17-8-7-13(10-15(17)19)16(17,2)3/h4-6,9,13,18H,7-8,10-11H2,1-3H3/t13-,17-/m1/s1. The molecule has 3 rings (SSSR count). The molecule has 2 fully saturated rings. The Morgan fingerprint density at radius 3 is 2.59 bits per heavy atom. The summed E-state index contributed by atoms with van der Waals surface area (Å²) in [5, 5.41) is 0. The summed E-state index contributed by atoms with van der Waals surface area (Å²) >= 11 is 0. The van der Waals surface area contributed by atoms with Crippen LogP contribution < -0.4 is 4.72 Å². The maximum absolute atomic E-state index is 12.6. The van der Waals surface area contributed by atoms with Gasteiger partial charge in [0.15, 0.2) is 0 Å². The Morgan fingerprint density at radius 2 is 2.05 bits per heavy atom. The first-order valence-electron chi connectivity index (χ1n) is 7.77. The minimum atomic E-state index is -3.55. The lowest BCUT2D eigenvalue weighted by molar-refractivity contribution is -0.128. The quantitative estimate of drug-likeness (QED) is 0.926. The minimum Gasteiger partial charge on any atom is -0.299 e. The van der Waals surface area contributed by atoms with Crippen molar-refractivity contribution in [3.8, 4) is 0 Å². The van der Waals surface area contributed by atoms with Gasteiger partial charge in [0.1, 0.15) is 5.78 Å². The average molecular weight is 321 g/mol. The van der Waals surface area contributed by atoms with Crippen LogP contribution in [-0.2, 0) is 14.8 Å². The number of hydrogen-bond acceptors (Lipinski definition) is 3. The normalized spacial score (nSPS) is 29.8. The van der Waals surface area contributed by atoms with E-state index in [4.69, 9.17) is 0 Å². The van der Waals surface area contributed by atoms with E-state index in [0.717, 1.165) is 12.0 Å². The van der Waals surface area contributed by atoms with Crippen molar-refractivity contribution < 1.29 is 13.2 Å². The molecular formula is C17H23NO3S. The van der Waals surface area contributed by atoms with Gasteiger partial charge in [-0.25, -0.2) is 8.42 Å². The minimum absolute atomic E-state index is 0.101. The molecule has 0 radical (unpaired) electrons. The van der Waals surface area contributed by atoms with Crippen LogP contribution in [0.1, 0.15) is 38.7 Å². The fourth-order valence-electron chi connectivity index (χ4n) is 4.36. The number of carbonyl (C=O) groups is 1. The molecule has 0 heterocycles. The third-order valence-corrected chi connectivity index (χ3v) is 7.29. The number of hydrogen-bond donors (Lipinski definition) is 1. The molecule has 22 heavy (non-hydrogen) atoms. The van der Waals surface area contributed by atoms with Crippen molar-refractivity contribution in [2.75, 3.05) is 10.5 Å². The van der Waals surface area contributed by atoms with E-state index in [0.29, 0.717) is 24.4 Å². The Kier molecular flexibility index (Phi) is 3.40. The smallest absolute Gasteiger partial charge is 0.233 e. The zero-order chi connectivity index (χ0) is 16.2. The molecule has 0 aliphatic heterocycles. The summed E-state index contributed by atoms with van der Waals surface area (Å²) < 4.78 is 27.9. The van der Waals surface area contributed by atoms with Gasteiger partial charge in [0.25, 0.3) is 0 Å². The average Bonchev–Trinajstić information content (AvgIpc) is 2.71. The summed E-state index contributed by atoms with van der Waals surface area (Å²) in [6, 6.07) is 7.28. The lowest BCUT2D eigenvalue weighted by atomic mass is 9.70. The molecule has 5 heteroatoms. The van der Waals surface area contributed by atoms with Crippen LogP contribution in [0.4, 0.5) is 5.69 Å². The van der Waals surface area contributed by atoms with Crippen LogP contribution in [0.5, 0.6) is 0 Å². The molecule has 120 valence electrons. The van der Waals surface area contributed by atoms with E-state index in [2.05, 4.69) is 18.6 Å². The lowest BCUT2D eigenvalue weighted by Gasteiger charge is -2.36. The van der Waals surface area contributed by atoms with Crippen LogP contribution >= 0.6 is 0 Å². The molecule has 1 N–H and O–H groups in total. The van der Waals surface area contributed by atoms with Crippen molar-refractivity contribution in [1.82, 2.24) is 0 Å². The van der Waals surface area contributed by atoms with Crippen LogP contribution in [0.2, 0.25) is 0 Å². The monoisotopic (exact) mass is 321 g/mol. The molecule has 2 bridgehead atoms. The highest BCUT2D eigenvalue weighted by molar-refractivity contribution is 7.92. The molecule has 0 unspecified atom stereocenters. The molecule has 0 saturated heterocycles. The maximum atomic E-state index is 12.6. The third-order valence-electron chi connectivity index (χ3n) is 5.87. The SMILES string of the molecule is Cc1cccc(NS(=O)(=O)C[C@]23CC[C@H](CC2=O)C3(C)C)c1. The highest BCUT2D eigenvalue weighted by Gasteiger charge is 2.65. The van der Waals surface area contributed by atoms with Crippen molar-refractivity contribution in [3.63, 3.8) is 0 Å². The number of fused-ring (bicyclic) bond motifs is 2. The van der Waals surface area contributed by atoms with Gasteiger partial charge in [-0.05, 0) is 48.8 Å². The number of rotatable bonds is 4. The number of Topliss-reactive ketones (excluding diaryl/α,β-unsaturated/α-hetero) is 1. The second-order valence-corrected chi connectivity index (χ2v) is 9.12. The van der Waals surface area contributed by atoms with E-state index in [-0.39, 0.29) is 17.0 Å². The number of aryl methyl sites for hydroxylation is 1. The van der Waals surface area contributed by atoms with Crippen molar-refractivity contribution in [2.24, 2.45) is 16.7 Å². The van der Waals surface area contributed by atoms with Crippen molar-refractivity contribution in [3.05, 3.63) is 29.8 Å². The van der Waals surface area contributed by atoms with Crippen molar-refractivity contribution in [2.45, 2.75) is 40.0 Å². The van der Waals surface area contributed by atoms with Gasteiger partial charge < -0.3 is 0 Å². The fourth-order valence-corrected chi connectivity index (χ4v) is 6.24. The summed E-state index contributed by atoms with van der Waals surface area (Å²) in [5.74, 6) is 0.355. The molecule has 4 nitrogen and oxygen atoms in total. The molecule has 2 saturated carbocycles. The fraction of sp³-hybridized carbons (Fsp3) is 0.588. The van der Waals surface area contributed by atoms with Crippen molar-refractivity contribution >= 4 is 21.5 Å². The summed E-state index contributed by atoms with van der Waals surface area (Å²) in [5.41, 5.74) is 0.615. The van der Waals surface area contributed by atoms with Gasteiger partial charge >= 0.3 is 0 Å². The molecule has 0 spiro atoms. The van der Waals surface area contributed by atoms with Crippen LogP contribution in [0, 0.1) is 23.7 Å². The van der Waals surface area contributed by atoms with E-state index in [1.807, 2.05) is 19.1 Å². The first-order chi connectivity index (χ1) is 10.2. The van der Waals surface area contributed by atoms with Gasteiger partial charge in [-0.1, -0.05) is 26.0 Å². The van der Waals surface area contributed by atoms with Gasteiger partial charge in [-0.2, -0.15) is 0 Å². The summed E-state index contributed by atoms with van der Waals surface area (Å²) in [6.45, 7) is 6.02. The second kappa shape index (κ2) is 4.82. The summed E-state index contributed by atoms with van der Waals surface area (Å²) in [7, 11) is -3.55. The predicted molar refractivity (Wildman–Crippen MR) is 87.2 cm³/mol. The molecule has 1 aromatic carbocycles. The molecule has 2 atom stereocenters. The number of benzene rings is 1. The highest BCUT2D eigenvalue weighted by atomic mass is 32.2. The number of carbonyl (C=O) groups excluding carboxylic acids is 1. The largest absolute Gasteiger partial charge is 0.299 e. The van der Waals surface area contributed by atoms with Crippen LogP contribution in [-0.4, -0.2) is 20.0 Å². The Bertz CT molecular complexity index is 723. The summed E-state index contributed by atoms with van der Waals surface area (Å²) in [4.78, 5) is 12.5. The third kappa shape index (κ3) is 2.26. The number of ketones is 1. The number of sulfonamides is 1. The Morgan fingerprint density at radius 1 is 1.32 bits per heavy atom. The maximum Gasteiger partial charge on any atom is 0.233 e. The lowest BCUT2D eigenvalue weighted by Crippen LogP contribution is -2.43. The molecule has 2 aliphatic rings. The summed E-state index contributed by atoms with van der Waals surface area (Å²) in [6.07, 6.45) is 2.18. The zero-order valence-electron chi connectivity index (χ0n) is 13.3. The second-order valence-electron chi connectivity index (χ2n) is 7.40. The topological polar surface area (TPSA) is 63.2 Å². The molecular weight excluding hydrogens is 298 g/mol. The number of nitrogens with one attached hydrogen (secondary N) is 1. The van der Waals surface area contributed by atoms with Crippen molar-refractivity contribution in [1.29, 1.82) is 0 Å². The Balaban J connectivity index is 1.87. The van der Waals surface area contributed by atoms with Crippen LogP contribution in [0.3, 0.4) is 0 Å². The first-order valence-corrected chi connectivity index (χ1v) is 9.42. The zero-order valence-corrected chi connectivity index (χ0v) is 14.2. The van der Waals surface area contributed by atoms with E-state index >= 15 is 0 Å². The molecule has 0 aromatic heterocycles. The van der Waals surface area contributed by atoms with Gasteiger partial charge in [0, 0.05) is 12.1 Å². The van der Waals surface area contributed by atoms with Crippen LogP contribution in [0.25, 0.3) is 0 Å². The Hall–Kier alpha value is -1.36. The van der Waals surface area contributed by atoms with E-state index in [9.17, 15) is 13.2 Å². The van der Waals surface area contributed by atoms with Crippen LogP contribution in [0.15, 0.2) is 24.3 Å². The number of anilines is 1. The van der Waals surface area contributed by atoms with Gasteiger partial charge in [-0.3, -0.25) is 9.52 Å². The molecule has 1 aromatic rings. The van der Waals surface area contributed by atoms with Gasteiger partial charge in [-0.15, -0.1) is 0 Å². The molecule has 0 amide bonds. The highest BCUT2D eigenvalue weighted by Crippen LogP contribution is 2.64. The Labute approximate surface area is 132 Å². The van der Waals surface area contributed by atoms with E-state index in [1.165, 1.54) is 0 Å². The van der Waals surface area contributed by atoms with E-state index in [1.54, 1.807) is 12.1 Å². The predicted octanol–water partition coefficient (Wildman–Crippen LogP) is 3.13.